The van der Waals surface area contributed by atoms with Crippen molar-refractivity contribution in [1.29, 1.82) is 0 Å². The van der Waals surface area contributed by atoms with Crippen LogP contribution < -0.4 is 4.90 Å². The molecule has 1 aliphatic rings. The molecule has 0 saturated heterocycles. The normalized spacial score (nSPS) is 13.3. The summed E-state index contributed by atoms with van der Waals surface area (Å²) in [7, 11) is 0. The van der Waals surface area contributed by atoms with Crippen LogP contribution in [0.5, 0.6) is 0 Å². The predicted molar refractivity (Wildman–Crippen MR) is 235 cm³/mol. The van der Waals surface area contributed by atoms with Crippen LogP contribution in [-0.4, -0.2) is 4.57 Å². The summed E-state index contributed by atoms with van der Waals surface area (Å²) in [5, 5.41) is 5.16. The topological polar surface area (TPSA) is 8.17 Å². The van der Waals surface area contributed by atoms with Crippen LogP contribution in [-0.2, 0) is 10.8 Å². The van der Waals surface area contributed by atoms with Gasteiger partial charge in [0.1, 0.15) is 0 Å². The minimum atomic E-state index is -0.207. The third kappa shape index (κ3) is 5.31. The zero-order chi connectivity index (χ0) is 37.5. The van der Waals surface area contributed by atoms with E-state index in [9.17, 15) is 0 Å². The minimum absolute atomic E-state index is 0.0793. The van der Waals surface area contributed by atoms with Gasteiger partial charge in [-0.05, 0) is 116 Å². The molecular formula is C53H44N2. The maximum atomic E-state index is 2.46. The van der Waals surface area contributed by atoms with Crippen molar-refractivity contribution in [1.82, 2.24) is 4.57 Å². The van der Waals surface area contributed by atoms with Crippen LogP contribution in [0.1, 0.15) is 51.3 Å². The highest BCUT2D eigenvalue weighted by Crippen LogP contribution is 2.52. The molecule has 0 unspecified atom stereocenters. The SMILES string of the molecule is CC(C)(C)c1ccc(N(c2ccc(-c3ccccc3)cc2)c2ccc3c(c2)C(C)(C)c2cc(-n4c5ccccc5c5c6ccccc6ccc54)ccc2-3)cc1. The Balaban J connectivity index is 1.09. The lowest BCUT2D eigenvalue weighted by Gasteiger charge is -2.29. The Bertz CT molecular complexity index is 2900. The summed E-state index contributed by atoms with van der Waals surface area (Å²) in [6, 6.07) is 65.1. The van der Waals surface area contributed by atoms with Crippen LogP contribution in [0.2, 0.25) is 0 Å². The zero-order valence-electron chi connectivity index (χ0n) is 32.1. The molecule has 0 fully saturated rings. The maximum Gasteiger partial charge on any atom is 0.0547 e. The molecular weight excluding hydrogens is 665 g/mol. The number of para-hydroxylation sites is 1. The lowest BCUT2D eigenvalue weighted by molar-refractivity contribution is 0.590. The molecule has 2 heteroatoms. The average Bonchev–Trinajstić information content (AvgIpc) is 3.67. The molecule has 0 spiro atoms. The zero-order valence-corrected chi connectivity index (χ0v) is 32.1. The van der Waals surface area contributed by atoms with E-state index in [1.165, 1.54) is 77.2 Å². The fourth-order valence-corrected chi connectivity index (χ4v) is 9.00. The Morgan fingerprint density at radius 3 is 1.78 bits per heavy atom. The number of nitrogens with zero attached hydrogens (tertiary/aromatic N) is 2. The summed E-state index contributed by atoms with van der Waals surface area (Å²) < 4.78 is 2.46. The van der Waals surface area contributed by atoms with E-state index in [-0.39, 0.29) is 10.8 Å². The second-order valence-electron chi connectivity index (χ2n) is 16.7. The van der Waals surface area contributed by atoms with E-state index in [0.29, 0.717) is 0 Å². The molecule has 266 valence electrons. The second kappa shape index (κ2) is 12.3. The third-order valence-electron chi connectivity index (χ3n) is 11.9. The molecule has 1 aliphatic carbocycles. The van der Waals surface area contributed by atoms with Gasteiger partial charge in [0.2, 0.25) is 0 Å². The van der Waals surface area contributed by atoms with Crippen LogP contribution in [0, 0.1) is 0 Å². The second-order valence-corrected chi connectivity index (χ2v) is 16.7. The van der Waals surface area contributed by atoms with E-state index >= 15 is 0 Å². The van der Waals surface area contributed by atoms with Crippen LogP contribution >= 0.6 is 0 Å². The summed E-state index contributed by atoms with van der Waals surface area (Å²) in [5.74, 6) is 0. The van der Waals surface area contributed by atoms with Crippen molar-refractivity contribution < 1.29 is 0 Å². The van der Waals surface area contributed by atoms with Gasteiger partial charge >= 0.3 is 0 Å². The molecule has 9 aromatic rings. The monoisotopic (exact) mass is 708 g/mol. The number of fused-ring (bicyclic) bond motifs is 8. The first-order chi connectivity index (χ1) is 26.7. The van der Waals surface area contributed by atoms with Crippen LogP contribution in [0.3, 0.4) is 0 Å². The van der Waals surface area contributed by atoms with Gasteiger partial charge in [-0.2, -0.15) is 0 Å². The van der Waals surface area contributed by atoms with Gasteiger partial charge in [-0.1, -0.05) is 150 Å². The van der Waals surface area contributed by atoms with Crippen molar-refractivity contribution >= 4 is 49.6 Å². The van der Waals surface area contributed by atoms with E-state index in [0.717, 1.165) is 17.1 Å². The van der Waals surface area contributed by atoms with E-state index in [1.807, 2.05) is 0 Å². The highest BCUT2D eigenvalue weighted by Gasteiger charge is 2.36. The van der Waals surface area contributed by atoms with Gasteiger partial charge in [0, 0.05) is 38.9 Å². The van der Waals surface area contributed by atoms with Gasteiger partial charge in [-0.25, -0.2) is 0 Å². The summed E-state index contributed by atoms with van der Waals surface area (Å²) in [6.07, 6.45) is 0. The summed E-state index contributed by atoms with van der Waals surface area (Å²) in [6.45, 7) is 11.6. The molecule has 8 aromatic carbocycles. The molecule has 0 bridgehead atoms. The molecule has 0 N–H and O–H groups in total. The smallest absolute Gasteiger partial charge is 0.0547 e. The molecule has 1 aromatic heterocycles. The third-order valence-corrected chi connectivity index (χ3v) is 11.9. The molecule has 55 heavy (non-hydrogen) atoms. The first-order valence-electron chi connectivity index (χ1n) is 19.4. The quantitative estimate of drug-likeness (QED) is 0.173. The molecule has 0 saturated carbocycles. The van der Waals surface area contributed by atoms with Crippen LogP contribution in [0.15, 0.2) is 176 Å². The minimum Gasteiger partial charge on any atom is -0.310 e. The van der Waals surface area contributed by atoms with Gasteiger partial charge < -0.3 is 9.47 Å². The highest BCUT2D eigenvalue weighted by atomic mass is 15.1. The fraction of sp³-hybridized carbons (Fsp3) is 0.132. The standard InChI is InChI=1S/C53H44N2/c1-52(2,3)38-22-26-40(27-23-38)54(39-24-19-36(20-25-39)35-13-7-6-8-14-35)41-28-30-44-45-31-29-42(34-48(45)53(4,5)47(44)33-41)55-49-18-12-11-17-46(49)51-43-16-10-9-15-37(43)21-32-50(51)55/h6-34H,1-5H3. The van der Waals surface area contributed by atoms with Crippen molar-refractivity contribution in [3.8, 4) is 27.9 Å². The Morgan fingerprint density at radius 1 is 0.473 bits per heavy atom. The number of benzene rings is 8. The molecule has 0 amide bonds. The van der Waals surface area contributed by atoms with Crippen molar-refractivity contribution in [2.75, 3.05) is 4.90 Å². The molecule has 10 rings (SSSR count). The molecule has 0 aliphatic heterocycles. The van der Waals surface area contributed by atoms with E-state index in [4.69, 9.17) is 0 Å². The largest absolute Gasteiger partial charge is 0.310 e. The maximum absolute atomic E-state index is 2.46. The first-order valence-corrected chi connectivity index (χ1v) is 19.4. The van der Waals surface area contributed by atoms with Crippen molar-refractivity contribution in [3.05, 3.63) is 193 Å². The number of rotatable bonds is 5. The average molecular weight is 709 g/mol. The Hall–Kier alpha value is -6.38. The molecule has 0 radical (unpaired) electrons. The van der Waals surface area contributed by atoms with E-state index < -0.39 is 0 Å². The van der Waals surface area contributed by atoms with E-state index in [1.54, 1.807) is 0 Å². The lowest BCUT2D eigenvalue weighted by Crippen LogP contribution is -2.17. The van der Waals surface area contributed by atoms with E-state index in [2.05, 4.69) is 220 Å². The number of aromatic nitrogens is 1. The Morgan fingerprint density at radius 2 is 1.05 bits per heavy atom. The van der Waals surface area contributed by atoms with Gasteiger partial charge in [-0.15, -0.1) is 0 Å². The molecule has 1 heterocycles. The van der Waals surface area contributed by atoms with Gasteiger partial charge in [0.25, 0.3) is 0 Å². The number of hydrogen-bond acceptors (Lipinski definition) is 1. The lowest BCUT2D eigenvalue weighted by atomic mass is 9.82. The molecule has 0 atom stereocenters. The van der Waals surface area contributed by atoms with Gasteiger partial charge in [-0.3, -0.25) is 0 Å². The fourth-order valence-electron chi connectivity index (χ4n) is 9.00. The van der Waals surface area contributed by atoms with Gasteiger partial charge in [0.15, 0.2) is 0 Å². The Kier molecular flexibility index (Phi) is 7.44. The Labute approximate surface area is 323 Å². The predicted octanol–water partition coefficient (Wildman–Crippen LogP) is 14.7. The van der Waals surface area contributed by atoms with Crippen LogP contribution in [0.4, 0.5) is 17.1 Å². The summed E-state index contributed by atoms with van der Waals surface area (Å²) in [5.41, 5.74) is 16.1. The van der Waals surface area contributed by atoms with Crippen molar-refractivity contribution in [2.45, 2.75) is 45.4 Å². The highest BCUT2D eigenvalue weighted by molar-refractivity contribution is 6.21. The van der Waals surface area contributed by atoms with Crippen molar-refractivity contribution in [3.63, 3.8) is 0 Å². The molecule has 2 nitrogen and oxygen atoms in total. The number of hydrogen-bond donors (Lipinski definition) is 0. The summed E-state index contributed by atoms with van der Waals surface area (Å²) >= 11 is 0. The van der Waals surface area contributed by atoms with Crippen molar-refractivity contribution in [2.24, 2.45) is 0 Å². The van der Waals surface area contributed by atoms with Gasteiger partial charge in [0.05, 0.1) is 11.0 Å². The van der Waals surface area contributed by atoms with Crippen LogP contribution in [0.25, 0.3) is 60.5 Å². The first kappa shape index (κ1) is 33.2. The number of anilines is 3. The summed E-state index contributed by atoms with van der Waals surface area (Å²) in [4.78, 5) is 2.41.